The summed E-state index contributed by atoms with van der Waals surface area (Å²) in [6.07, 6.45) is 4.20. The van der Waals surface area contributed by atoms with Crippen LogP contribution in [0.5, 0.6) is 0 Å². The summed E-state index contributed by atoms with van der Waals surface area (Å²) in [7, 11) is 0. The Bertz CT molecular complexity index is 486. The van der Waals surface area contributed by atoms with Crippen LogP contribution in [-0.4, -0.2) is 29.1 Å². The van der Waals surface area contributed by atoms with Gasteiger partial charge in [0, 0.05) is 25.7 Å². The minimum Gasteiger partial charge on any atom is -0.478 e. The first-order chi connectivity index (χ1) is 9.54. The molecule has 108 valence electrons. The van der Waals surface area contributed by atoms with Crippen molar-refractivity contribution >= 4 is 12.0 Å². The summed E-state index contributed by atoms with van der Waals surface area (Å²) in [5.41, 5.74) is 2.20. The molecule has 2 atom stereocenters. The molecule has 0 saturated carbocycles. The quantitative estimate of drug-likeness (QED) is 0.856. The van der Waals surface area contributed by atoms with Gasteiger partial charge in [0.1, 0.15) is 0 Å². The van der Waals surface area contributed by atoms with Crippen molar-refractivity contribution in [2.24, 2.45) is 11.8 Å². The van der Waals surface area contributed by atoms with Crippen LogP contribution in [0.4, 0.5) is 0 Å². The molecule has 0 spiro atoms. The number of hydrogen-bond acceptors (Lipinski definition) is 2. The highest BCUT2D eigenvalue weighted by Gasteiger charge is 2.21. The molecule has 1 fully saturated rings. The normalized spacial score (nSPS) is 24.1. The lowest BCUT2D eigenvalue weighted by molar-refractivity contribution is -0.131. The summed E-state index contributed by atoms with van der Waals surface area (Å²) >= 11 is 0. The first kappa shape index (κ1) is 14.8. The number of hydrogen-bond donors (Lipinski definition) is 1. The molecule has 1 N–H and O–H groups in total. The minimum absolute atomic E-state index is 0.737. The van der Waals surface area contributed by atoms with E-state index in [-0.39, 0.29) is 0 Å². The van der Waals surface area contributed by atoms with Crippen LogP contribution < -0.4 is 0 Å². The van der Waals surface area contributed by atoms with Crippen LogP contribution >= 0.6 is 0 Å². The molecular weight excluding hydrogens is 250 g/mol. The number of carboxylic acid groups (broad SMARTS) is 1. The summed E-state index contributed by atoms with van der Waals surface area (Å²) in [5.74, 6) is 0.570. The van der Waals surface area contributed by atoms with Gasteiger partial charge >= 0.3 is 5.97 Å². The fourth-order valence-corrected chi connectivity index (χ4v) is 3.16. The molecular formula is C17H23NO2. The van der Waals surface area contributed by atoms with Crippen molar-refractivity contribution in [2.75, 3.05) is 13.1 Å². The van der Waals surface area contributed by atoms with E-state index in [2.05, 4.69) is 24.8 Å². The van der Waals surface area contributed by atoms with Crippen LogP contribution in [-0.2, 0) is 11.3 Å². The molecule has 0 radical (unpaired) electrons. The van der Waals surface area contributed by atoms with Crippen LogP contribution in [0.25, 0.3) is 6.08 Å². The highest BCUT2D eigenvalue weighted by Crippen LogP contribution is 2.23. The molecule has 2 unspecified atom stereocenters. The topological polar surface area (TPSA) is 40.5 Å². The van der Waals surface area contributed by atoms with E-state index in [9.17, 15) is 4.79 Å². The van der Waals surface area contributed by atoms with E-state index in [0.29, 0.717) is 0 Å². The van der Waals surface area contributed by atoms with E-state index in [0.717, 1.165) is 37.0 Å². The summed E-state index contributed by atoms with van der Waals surface area (Å²) in [5, 5.41) is 8.76. The molecule has 1 aromatic rings. The van der Waals surface area contributed by atoms with Crippen molar-refractivity contribution in [1.29, 1.82) is 0 Å². The van der Waals surface area contributed by atoms with E-state index < -0.39 is 5.97 Å². The molecule has 0 amide bonds. The molecule has 1 aliphatic rings. The van der Waals surface area contributed by atoms with Crippen molar-refractivity contribution < 1.29 is 9.90 Å². The van der Waals surface area contributed by atoms with Crippen LogP contribution in [0, 0.1) is 11.8 Å². The van der Waals surface area contributed by atoms with Gasteiger partial charge in [-0.1, -0.05) is 38.1 Å². The monoisotopic (exact) mass is 273 g/mol. The lowest BCUT2D eigenvalue weighted by Gasteiger charge is -2.35. The maximum atomic E-state index is 10.7. The molecule has 3 nitrogen and oxygen atoms in total. The number of benzene rings is 1. The van der Waals surface area contributed by atoms with E-state index in [1.807, 2.05) is 18.2 Å². The third-order valence-corrected chi connectivity index (χ3v) is 3.80. The van der Waals surface area contributed by atoms with Crippen LogP contribution in [0.15, 0.2) is 30.3 Å². The Kier molecular flexibility index (Phi) is 4.96. The Labute approximate surface area is 120 Å². The average Bonchev–Trinajstić information content (AvgIpc) is 2.36. The third-order valence-electron chi connectivity index (χ3n) is 3.80. The maximum Gasteiger partial charge on any atom is 0.328 e. The van der Waals surface area contributed by atoms with Crippen molar-refractivity contribution in [1.82, 2.24) is 4.90 Å². The van der Waals surface area contributed by atoms with Gasteiger partial charge in [0.2, 0.25) is 0 Å². The SMILES string of the molecule is CC1CC(C)CN(Cc2ccccc2C=CC(=O)O)C1. The zero-order valence-corrected chi connectivity index (χ0v) is 12.2. The number of aliphatic carboxylic acids is 1. The number of nitrogens with zero attached hydrogens (tertiary/aromatic N) is 1. The van der Waals surface area contributed by atoms with Crippen molar-refractivity contribution in [3.63, 3.8) is 0 Å². The van der Waals surface area contributed by atoms with Gasteiger partial charge in [-0.3, -0.25) is 4.90 Å². The summed E-state index contributed by atoms with van der Waals surface area (Å²) < 4.78 is 0. The van der Waals surface area contributed by atoms with Crippen molar-refractivity contribution in [3.8, 4) is 0 Å². The molecule has 2 rings (SSSR count). The molecule has 1 aliphatic heterocycles. The number of carboxylic acids is 1. The maximum absolute atomic E-state index is 10.7. The average molecular weight is 273 g/mol. The second-order valence-corrected chi connectivity index (χ2v) is 6.01. The van der Waals surface area contributed by atoms with Crippen molar-refractivity contribution in [3.05, 3.63) is 41.5 Å². The predicted octanol–water partition coefficient (Wildman–Crippen LogP) is 3.26. The Morgan fingerprint density at radius 1 is 1.30 bits per heavy atom. The van der Waals surface area contributed by atoms with Crippen LogP contribution in [0.2, 0.25) is 0 Å². The highest BCUT2D eigenvalue weighted by atomic mass is 16.4. The first-order valence-electron chi connectivity index (χ1n) is 7.26. The van der Waals surface area contributed by atoms with Gasteiger partial charge in [0.15, 0.2) is 0 Å². The highest BCUT2D eigenvalue weighted by molar-refractivity contribution is 5.85. The lowest BCUT2D eigenvalue weighted by Crippen LogP contribution is -2.38. The van der Waals surface area contributed by atoms with E-state index in [1.165, 1.54) is 18.1 Å². The zero-order valence-electron chi connectivity index (χ0n) is 12.2. The lowest BCUT2D eigenvalue weighted by atomic mass is 9.91. The second-order valence-electron chi connectivity index (χ2n) is 6.01. The van der Waals surface area contributed by atoms with E-state index >= 15 is 0 Å². The fraction of sp³-hybridized carbons (Fsp3) is 0.471. The Balaban J connectivity index is 2.10. The van der Waals surface area contributed by atoms with Gasteiger partial charge in [-0.25, -0.2) is 4.79 Å². The largest absolute Gasteiger partial charge is 0.478 e. The molecule has 1 saturated heterocycles. The zero-order chi connectivity index (χ0) is 14.5. The molecule has 0 bridgehead atoms. The van der Waals surface area contributed by atoms with Gasteiger partial charge in [0.25, 0.3) is 0 Å². The number of likely N-dealkylation sites (tertiary alicyclic amines) is 1. The molecule has 1 heterocycles. The second kappa shape index (κ2) is 6.71. The summed E-state index contributed by atoms with van der Waals surface area (Å²) in [6.45, 7) is 7.76. The Hall–Kier alpha value is -1.61. The fourth-order valence-electron chi connectivity index (χ4n) is 3.16. The molecule has 1 aromatic carbocycles. The molecule has 20 heavy (non-hydrogen) atoms. The van der Waals surface area contributed by atoms with Gasteiger partial charge in [0.05, 0.1) is 0 Å². The van der Waals surface area contributed by atoms with Gasteiger partial charge < -0.3 is 5.11 Å². The molecule has 3 heteroatoms. The Morgan fingerprint density at radius 2 is 1.95 bits per heavy atom. The van der Waals surface area contributed by atoms with Gasteiger partial charge in [-0.05, 0) is 35.5 Å². The van der Waals surface area contributed by atoms with Gasteiger partial charge in [-0.2, -0.15) is 0 Å². The third kappa shape index (κ3) is 4.20. The standard InChI is InChI=1S/C17H23NO2/c1-13-9-14(2)11-18(10-13)12-16-6-4-3-5-15(16)7-8-17(19)20/h3-8,13-14H,9-12H2,1-2H3,(H,19,20). The summed E-state index contributed by atoms with van der Waals surface area (Å²) in [6, 6.07) is 8.04. The number of carbonyl (C=O) groups is 1. The van der Waals surface area contributed by atoms with Gasteiger partial charge in [-0.15, -0.1) is 0 Å². The molecule has 0 aromatic heterocycles. The smallest absolute Gasteiger partial charge is 0.328 e. The minimum atomic E-state index is -0.903. The number of piperidine rings is 1. The van der Waals surface area contributed by atoms with E-state index in [4.69, 9.17) is 5.11 Å². The first-order valence-corrected chi connectivity index (χ1v) is 7.26. The van der Waals surface area contributed by atoms with Crippen LogP contribution in [0.1, 0.15) is 31.4 Å². The predicted molar refractivity (Wildman–Crippen MR) is 81.3 cm³/mol. The number of rotatable bonds is 4. The summed E-state index contributed by atoms with van der Waals surface area (Å²) in [4.78, 5) is 13.1. The Morgan fingerprint density at radius 3 is 2.60 bits per heavy atom. The van der Waals surface area contributed by atoms with Crippen LogP contribution in [0.3, 0.4) is 0 Å². The van der Waals surface area contributed by atoms with Crippen molar-refractivity contribution in [2.45, 2.75) is 26.8 Å². The molecule has 0 aliphatic carbocycles. The van der Waals surface area contributed by atoms with E-state index in [1.54, 1.807) is 6.08 Å².